The van der Waals surface area contributed by atoms with Crippen LogP contribution >= 0.6 is 0 Å². The number of hydrogen-bond donors (Lipinski definition) is 3. The molecule has 1 saturated carbocycles. The Morgan fingerprint density at radius 3 is 2.61 bits per heavy atom. The Bertz CT molecular complexity index is 299. The molecule has 1 fully saturated rings. The zero-order valence-electron chi connectivity index (χ0n) is 11.4. The third-order valence-corrected chi connectivity index (χ3v) is 3.59. The zero-order valence-corrected chi connectivity index (χ0v) is 11.4. The van der Waals surface area contributed by atoms with Gasteiger partial charge in [-0.15, -0.1) is 6.58 Å². The molecule has 1 aliphatic rings. The van der Waals surface area contributed by atoms with Gasteiger partial charge in [-0.2, -0.15) is 0 Å². The molecular weight excluding hydrogens is 230 g/mol. The van der Waals surface area contributed by atoms with Gasteiger partial charge in [0.25, 0.3) is 0 Å². The Morgan fingerprint density at radius 2 is 2.22 bits per heavy atom. The average molecular weight is 255 g/mol. The predicted molar refractivity (Wildman–Crippen MR) is 71.0 cm³/mol. The van der Waals surface area contributed by atoms with Crippen molar-refractivity contribution in [2.75, 3.05) is 6.61 Å². The van der Waals surface area contributed by atoms with E-state index in [1.807, 2.05) is 6.92 Å². The summed E-state index contributed by atoms with van der Waals surface area (Å²) in [6.45, 7) is 7.16. The SMILES string of the molecule is C=CC[C@@](C)(C[C@H](C)O)C(=O)NC(CO)C1CC1. The second-order valence-corrected chi connectivity index (χ2v) is 5.71. The molecule has 0 heterocycles. The molecule has 1 unspecified atom stereocenters. The number of amides is 1. The van der Waals surface area contributed by atoms with Gasteiger partial charge in [-0.1, -0.05) is 13.0 Å². The number of allylic oxidation sites excluding steroid dienone is 1. The molecular formula is C14H25NO3. The Kier molecular flexibility index (Phi) is 5.35. The highest BCUT2D eigenvalue weighted by Gasteiger charge is 2.38. The van der Waals surface area contributed by atoms with Crippen LogP contribution in [0.1, 0.15) is 39.5 Å². The van der Waals surface area contributed by atoms with Gasteiger partial charge in [-0.05, 0) is 38.5 Å². The molecule has 3 N–H and O–H groups in total. The van der Waals surface area contributed by atoms with Crippen LogP contribution in [0, 0.1) is 11.3 Å². The van der Waals surface area contributed by atoms with Crippen molar-refractivity contribution in [3.8, 4) is 0 Å². The van der Waals surface area contributed by atoms with Crippen LogP contribution in [-0.2, 0) is 4.79 Å². The lowest BCUT2D eigenvalue weighted by molar-refractivity contribution is -0.133. The van der Waals surface area contributed by atoms with Crippen LogP contribution in [-0.4, -0.2) is 34.9 Å². The number of rotatable bonds is 8. The standard InChI is InChI=1S/C14H25NO3/c1-4-7-14(3,8-10(2)17)13(18)15-12(9-16)11-5-6-11/h4,10-12,16-17H,1,5-9H2,2-3H3,(H,15,18)/t10-,12?,14-/m0/s1. The summed E-state index contributed by atoms with van der Waals surface area (Å²) in [5, 5.41) is 21.7. The first-order valence-corrected chi connectivity index (χ1v) is 6.63. The smallest absolute Gasteiger partial charge is 0.226 e. The van der Waals surface area contributed by atoms with Gasteiger partial charge in [0, 0.05) is 0 Å². The van der Waals surface area contributed by atoms with Crippen molar-refractivity contribution in [3.63, 3.8) is 0 Å². The predicted octanol–water partition coefficient (Wildman–Crippen LogP) is 1.23. The molecule has 4 nitrogen and oxygen atoms in total. The Balaban J connectivity index is 2.65. The van der Waals surface area contributed by atoms with Crippen molar-refractivity contribution in [3.05, 3.63) is 12.7 Å². The fourth-order valence-electron chi connectivity index (χ4n) is 2.39. The lowest BCUT2D eigenvalue weighted by atomic mass is 9.80. The summed E-state index contributed by atoms with van der Waals surface area (Å²) in [6.07, 6.45) is 4.22. The van der Waals surface area contributed by atoms with E-state index < -0.39 is 11.5 Å². The molecule has 0 aromatic rings. The minimum Gasteiger partial charge on any atom is -0.394 e. The number of nitrogens with one attached hydrogen (secondary N) is 1. The van der Waals surface area contributed by atoms with Crippen molar-refractivity contribution < 1.29 is 15.0 Å². The second kappa shape index (κ2) is 6.34. The monoisotopic (exact) mass is 255 g/mol. The normalized spacial score (nSPS) is 21.8. The first kappa shape index (κ1) is 15.2. The summed E-state index contributed by atoms with van der Waals surface area (Å²) in [4.78, 5) is 12.3. The number of aliphatic hydroxyl groups excluding tert-OH is 2. The van der Waals surface area contributed by atoms with Gasteiger partial charge in [0.05, 0.1) is 24.2 Å². The maximum Gasteiger partial charge on any atom is 0.226 e. The van der Waals surface area contributed by atoms with E-state index in [0.717, 1.165) is 12.8 Å². The van der Waals surface area contributed by atoms with Gasteiger partial charge in [0.1, 0.15) is 0 Å². The average Bonchev–Trinajstić information content (AvgIpc) is 3.08. The van der Waals surface area contributed by atoms with Crippen molar-refractivity contribution in [1.29, 1.82) is 0 Å². The molecule has 18 heavy (non-hydrogen) atoms. The third-order valence-electron chi connectivity index (χ3n) is 3.59. The lowest BCUT2D eigenvalue weighted by Crippen LogP contribution is -2.47. The zero-order chi connectivity index (χ0) is 13.8. The van der Waals surface area contributed by atoms with Gasteiger partial charge in [-0.3, -0.25) is 4.79 Å². The molecule has 0 bridgehead atoms. The van der Waals surface area contributed by atoms with Crippen LogP contribution in [0.5, 0.6) is 0 Å². The van der Waals surface area contributed by atoms with E-state index in [4.69, 9.17) is 0 Å². The van der Waals surface area contributed by atoms with E-state index in [1.54, 1.807) is 13.0 Å². The van der Waals surface area contributed by atoms with E-state index >= 15 is 0 Å². The Hall–Kier alpha value is -0.870. The highest BCUT2D eigenvalue weighted by atomic mass is 16.3. The van der Waals surface area contributed by atoms with Crippen molar-refractivity contribution >= 4 is 5.91 Å². The van der Waals surface area contributed by atoms with Crippen LogP contribution < -0.4 is 5.32 Å². The minimum absolute atomic E-state index is 0.0186. The molecule has 0 aliphatic heterocycles. The van der Waals surface area contributed by atoms with Crippen LogP contribution in [0.4, 0.5) is 0 Å². The molecule has 0 aromatic carbocycles. The summed E-state index contributed by atoms with van der Waals surface area (Å²) in [5.74, 6) is 0.313. The summed E-state index contributed by atoms with van der Waals surface area (Å²) in [6, 6.07) is -0.143. The molecule has 1 rings (SSSR count). The fourth-order valence-corrected chi connectivity index (χ4v) is 2.39. The van der Waals surface area contributed by atoms with Gasteiger partial charge >= 0.3 is 0 Å². The fraction of sp³-hybridized carbons (Fsp3) is 0.786. The van der Waals surface area contributed by atoms with Crippen molar-refractivity contribution in [2.24, 2.45) is 11.3 Å². The highest BCUT2D eigenvalue weighted by molar-refractivity contribution is 5.82. The van der Waals surface area contributed by atoms with Crippen LogP contribution in [0.3, 0.4) is 0 Å². The third kappa shape index (κ3) is 4.10. The molecule has 104 valence electrons. The first-order chi connectivity index (χ1) is 8.42. The maximum absolute atomic E-state index is 12.3. The van der Waals surface area contributed by atoms with E-state index in [2.05, 4.69) is 11.9 Å². The Morgan fingerprint density at radius 1 is 1.61 bits per heavy atom. The molecule has 0 radical (unpaired) electrons. The molecule has 3 atom stereocenters. The second-order valence-electron chi connectivity index (χ2n) is 5.71. The van der Waals surface area contributed by atoms with Crippen LogP contribution in [0.2, 0.25) is 0 Å². The van der Waals surface area contributed by atoms with E-state index in [9.17, 15) is 15.0 Å². The number of carbonyl (C=O) groups excluding carboxylic acids is 1. The van der Waals surface area contributed by atoms with Crippen LogP contribution in [0.15, 0.2) is 12.7 Å². The highest BCUT2D eigenvalue weighted by Crippen LogP contribution is 2.34. The molecule has 0 saturated heterocycles. The number of aliphatic hydroxyl groups is 2. The minimum atomic E-state index is -0.655. The van der Waals surface area contributed by atoms with Gasteiger partial charge in [-0.25, -0.2) is 0 Å². The van der Waals surface area contributed by atoms with E-state index in [1.165, 1.54) is 0 Å². The number of carbonyl (C=O) groups is 1. The Labute approximate surface area is 109 Å². The van der Waals surface area contributed by atoms with E-state index in [-0.39, 0.29) is 18.6 Å². The molecule has 4 heteroatoms. The van der Waals surface area contributed by atoms with Crippen molar-refractivity contribution in [1.82, 2.24) is 5.32 Å². The van der Waals surface area contributed by atoms with Crippen molar-refractivity contribution in [2.45, 2.75) is 51.7 Å². The first-order valence-electron chi connectivity index (χ1n) is 6.63. The summed E-state index contributed by atoms with van der Waals surface area (Å²) >= 11 is 0. The van der Waals surface area contributed by atoms with Crippen LogP contribution in [0.25, 0.3) is 0 Å². The molecule has 1 aliphatic carbocycles. The molecule has 1 amide bonds. The summed E-state index contributed by atoms with van der Waals surface area (Å²) in [7, 11) is 0. The molecule has 0 spiro atoms. The largest absolute Gasteiger partial charge is 0.394 e. The summed E-state index contributed by atoms with van der Waals surface area (Å²) < 4.78 is 0. The maximum atomic E-state index is 12.3. The topological polar surface area (TPSA) is 69.6 Å². The van der Waals surface area contributed by atoms with Gasteiger partial charge in [0.2, 0.25) is 5.91 Å². The quantitative estimate of drug-likeness (QED) is 0.571. The number of hydrogen-bond acceptors (Lipinski definition) is 3. The summed E-state index contributed by atoms with van der Waals surface area (Å²) in [5.41, 5.74) is -0.655. The van der Waals surface area contributed by atoms with E-state index in [0.29, 0.717) is 18.8 Å². The molecule has 0 aromatic heterocycles. The van der Waals surface area contributed by atoms with Gasteiger partial charge in [0.15, 0.2) is 0 Å². The van der Waals surface area contributed by atoms with Gasteiger partial charge < -0.3 is 15.5 Å². The lowest BCUT2D eigenvalue weighted by Gasteiger charge is -2.30.